The molecule has 0 radical (unpaired) electrons. The van der Waals surface area contributed by atoms with Gasteiger partial charge in [0.25, 0.3) is 0 Å². The van der Waals surface area contributed by atoms with Crippen LogP contribution >= 0.6 is 0 Å². The summed E-state index contributed by atoms with van der Waals surface area (Å²) >= 11 is 0. The van der Waals surface area contributed by atoms with E-state index in [1.165, 1.54) is 173 Å². The highest BCUT2D eigenvalue weighted by atomic mass is 16.3. The van der Waals surface area contributed by atoms with Crippen LogP contribution in [-0.4, -0.2) is 46.1 Å². The van der Waals surface area contributed by atoms with Crippen molar-refractivity contribution in [2.24, 2.45) is 0 Å². The minimum atomic E-state index is -0.965. The second-order valence-corrected chi connectivity index (χ2v) is 17.4. The van der Waals surface area contributed by atoms with Crippen molar-refractivity contribution >= 4 is 5.91 Å². The molecule has 0 fully saturated rings. The Morgan fingerprint density at radius 2 is 0.780 bits per heavy atom. The van der Waals surface area contributed by atoms with Crippen LogP contribution < -0.4 is 5.32 Å². The molecule has 0 bridgehead atoms. The Balaban J connectivity index is 3.71. The van der Waals surface area contributed by atoms with Crippen LogP contribution in [0.2, 0.25) is 0 Å². The first-order valence-corrected chi connectivity index (χ1v) is 25.6. The third kappa shape index (κ3) is 45.4. The summed E-state index contributed by atoms with van der Waals surface area (Å²) in [5.74, 6) is -0.334. The lowest BCUT2D eigenvalue weighted by molar-refractivity contribution is -0.124. The molecule has 0 aliphatic rings. The number of hydrogen-bond acceptors (Lipinski definition) is 4. The maximum Gasteiger partial charge on any atom is 0.222 e. The van der Waals surface area contributed by atoms with Crippen molar-refractivity contribution < 1.29 is 20.1 Å². The topological polar surface area (TPSA) is 89.8 Å². The fourth-order valence-corrected chi connectivity index (χ4v) is 7.58. The van der Waals surface area contributed by atoms with E-state index in [2.05, 4.69) is 67.8 Å². The summed E-state index contributed by atoms with van der Waals surface area (Å²) in [6.07, 6.45) is 65.3. The lowest BCUT2D eigenvalue weighted by Crippen LogP contribution is -2.45. The Morgan fingerprint density at radius 1 is 0.441 bits per heavy atom. The number of amides is 1. The van der Waals surface area contributed by atoms with Gasteiger partial charge in [0.15, 0.2) is 0 Å². The van der Waals surface area contributed by atoms with Gasteiger partial charge in [-0.1, -0.05) is 229 Å². The number of carbonyl (C=O) groups excluding carboxylic acids is 1. The summed E-state index contributed by atoms with van der Waals surface area (Å²) in [7, 11) is 0. The monoisotopic (exact) mass is 826 g/mol. The van der Waals surface area contributed by atoms with Gasteiger partial charge in [0.1, 0.15) is 0 Å². The van der Waals surface area contributed by atoms with Gasteiger partial charge >= 0.3 is 0 Å². The van der Waals surface area contributed by atoms with E-state index >= 15 is 0 Å². The lowest BCUT2D eigenvalue weighted by Gasteiger charge is -2.21. The van der Waals surface area contributed by atoms with Gasteiger partial charge in [-0.2, -0.15) is 0 Å². The predicted molar refractivity (Wildman–Crippen MR) is 259 cm³/mol. The SMILES string of the molecule is CCCCCCCCCCC/C=C\C/C=C\CCCCCCCCCC(O)CC(=O)NC(CO)C(O)/C=C/CC/C=C/CC/C=C/CCCCCCCCCCCCC. The molecule has 0 rings (SSSR count). The van der Waals surface area contributed by atoms with Crippen LogP contribution in [0.1, 0.15) is 251 Å². The third-order valence-electron chi connectivity index (χ3n) is 11.5. The molecule has 59 heavy (non-hydrogen) atoms. The number of hydrogen-bond donors (Lipinski definition) is 4. The van der Waals surface area contributed by atoms with Crippen molar-refractivity contribution in [1.29, 1.82) is 0 Å². The lowest BCUT2D eigenvalue weighted by atomic mass is 10.0. The molecule has 0 spiro atoms. The van der Waals surface area contributed by atoms with Gasteiger partial charge in [0.05, 0.1) is 31.3 Å². The maximum atomic E-state index is 12.5. The molecule has 5 nitrogen and oxygen atoms in total. The zero-order chi connectivity index (χ0) is 43.0. The Morgan fingerprint density at radius 3 is 1.19 bits per heavy atom. The molecule has 3 unspecified atom stereocenters. The highest BCUT2D eigenvalue weighted by Crippen LogP contribution is 2.15. The maximum absolute atomic E-state index is 12.5. The number of rotatable bonds is 46. The molecule has 344 valence electrons. The molecular weight excluding hydrogens is 727 g/mol. The first-order valence-electron chi connectivity index (χ1n) is 25.6. The molecule has 0 aromatic rings. The summed E-state index contributed by atoms with van der Waals surface area (Å²) in [6.45, 7) is 4.21. The average Bonchev–Trinajstić information content (AvgIpc) is 3.23. The van der Waals surface area contributed by atoms with E-state index in [0.717, 1.165) is 51.4 Å². The van der Waals surface area contributed by atoms with Crippen molar-refractivity contribution in [3.8, 4) is 0 Å². The van der Waals surface area contributed by atoms with Crippen molar-refractivity contribution in [3.05, 3.63) is 60.8 Å². The number of allylic oxidation sites excluding steroid dienone is 9. The van der Waals surface area contributed by atoms with Crippen LogP contribution in [0.5, 0.6) is 0 Å². The number of unbranched alkanes of at least 4 members (excludes halogenated alkanes) is 29. The minimum Gasteiger partial charge on any atom is -0.394 e. The predicted octanol–water partition coefficient (Wildman–Crippen LogP) is 15.4. The normalized spacial score (nSPS) is 13.9. The molecule has 0 aromatic carbocycles. The Bertz CT molecular complexity index is 1000. The van der Waals surface area contributed by atoms with Crippen LogP contribution in [0.4, 0.5) is 0 Å². The van der Waals surface area contributed by atoms with E-state index in [0.29, 0.717) is 6.42 Å². The van der Waals surface area contributed by atoms with Crippen molar-refractivity contribution in [2.45, 2.75) is 270 Å². The van der Waals surface area contributed by atoms with E-state index in [4.69, 9.17) is 0 Å². The zero-order valence-electron chi connectivity index (χ0n) is 39.1. The minimum absolute atomic E-state index is 0.00507. The average molecular weight is 826 g/mol. The van der Waals surface area contributed by atoms with Gasteiger partial charge < -0.3 is 20.6 Å². The highest BCUT2D eigenvalue weighted by molar-refractivity contribution is 5.76. The Kier molecular flexibility index (Phi) is 47.1. The van der Waals surface area contributed by atoms with E-state index in [-0.39, 0.29) is 18.9 Å². The van der Waals surface area contributed by atoms with Crippen molar-refractivity contribution in [3.63, 3.8) is 0 Å². The van der Waals surface area contributed by atoms with Gasteiger partial charge in [-0.25, -0.2) is 0 Å². The van der Waals surface area contributed by atoms with Crippen LogP contribution in [0.15, 0.2) is 60.8 Å². The van der Waals surface area contributed by atoms with Crippen LogP contribution in [0.25, 0.3) is 0 Å². The molecule has 0 aliphatic heterocycles. The Hall–Kier alpha value is -1.95. The molecule has 1 amide bonds. The van der Waals surface area contributed by atoms with E-state index in [1.54, 1.807) is 6.08 Å². The van der Waals surface area contributed by atoms with Gasteiger partial charge in [0.2, 0.25) is 5.91 Å². The fourth-order valence-electron chi connectivity index (χ4n) is 7.58. The van der Waals surface area contributed by atoms with Crippen LogP contribution in [-0.2, 0) is 4.79 Å². The van der Waals surface area contributed by atoms with Crippen LogP contribution in [0, 0.1) is 0 Å². The van der Waals surface area contributed by atoms with Crippen molar-refractivity contribution in [1.82, 2.24) is 5.32 Å². The zero-order valence-corrected chi connectivity index (χ0v) is 39.1. The summed E-state index contributed by atoms with van der Waals surface area (Å²) < 4.78 is 0. The second-order valence-electron chi connectivity index (χ2n) is 17.4. The number of carbonyl (C=O) groups is 1. The second kappa shape index (κ2) is 48.7. The molecule has 0 aromatic heterocycles. The van der Waals surface area contributed by atoms with Gasteiger partial charge in [-0.3, -0.25) is 4.79 Å². The quantitative estimate of drug-likeness (QED) is 0.0363. The number of aliphatic hydroxyl groups excluding tert-OH is 3. The third-order valence-corrected chi connectivity index (χ3v) is 11.5. The molecule has 0 saturated heterocycles. The number of nitrogens with one attached hydrogen (secondary N) is 1. The summed E-state index contributed by atoms with van der Waals surface area (Å²) in [4.78, 5) is 12.5. The Labute approximate surface area is 367 Å². The summed E-state index contributed by atoms with van der Waals surface area (Å²) in [5.41, 5.74) is 0. The van der Waals surface area contributed by atoms with Crippen molar-refractivity contribution in [2.75, 3.05) is 6.61 Å². The standard InChI is InChI=1S/C54H99NO4/c1-3-5-7-9-11-13-15-17-19-21-23-25-26-28-29-31-33-35-37-39-41-43-45-47-51(57)49-54(59)55-52(50-56)53(58)48-46-44-42-40-38-36-34-32-30-27-24-22-20-18-16-14-12-10-8-6-4-2/h23,25,28-30,32,38,40,46,48,51-53,56-58H,3-22,24,26-27,31,33-37,39,41-45,47,49-50H2,1-2H3,(H,55,59)/b25-23-,29-28-,32-30+,40-38+,48-46+. The van der Waals surface area contributed by atoms with Gasteiger partial charge in [-0.05, 0) is 77.0 Å². The van der Waals surface area contributed by atoms with E-state index in [9.17, 15) is 20.1 Å². The molecule has 5 heteroatoms. The summed E-state index contributed by atoms with van der Waals surface area (Å²) in [6, 6.07) is -0.773. The molecular formula is C54H99NO4. The first kappa shape index (κ1) is 57.1. The number of aliphatic hydroxyl groups is 3. The largest absolute Gasteiger partial charge is 0.394 e. The van der Waals surface area contributed by atoms with E-state index < -0.39 is 18.2 Å². The van der Waals surface area contributed by atoms with Gasteiger partial charge in [0, 0.05) is 0 Å². The molecule has 0 aliphatic carbocycles. The first-order chi connectivity index (χ1) is 29.0. The molecule has 0 saturated carbocycles. The van der Waals surface area contributed by atoms with Crippen LogP contribution in [0.3, 0.4) is 0 Å². The molecule has 0 heterocycles. The van der Waals surface area contributed by atoms with Gasteiger partial charge in [-0.15, -0.1) is 0 Å². The van der Waals surface area contributed by atoms with E-state index in [1.807, 2.05) is 6.08 Å². The molecule has 3 atom stereocenters. The fraction of sp³-hybridized carbons (Fsp3) is 0.796. The highest BCUT2D eigenvalue weighted by Gasteiger charge is 2.20. The molecule has 4 N–H and O–H groups in total. The summed E-state index contributed by atoms with van der Waals surface area (Å²) in [5, 5.41) is 33.3. The smallest absolute Gasteiger partial charge is 0.222 e.